The molecule has 0 radical (unpaired) electrons. The zero-order valence-corrected chi connectivity index (χ0v) is 19.2. The number of aromatic amines is 1. The molecule has 0 fully saturated rings. The third-order valence-electron chi connectivity index (χ3n) is 6.33. The van der Waals surface area contributed by atoms with Gasteiger partial charge in [0.25, 0.3) is 5.56 Å². The van der Waals surface area contributed by atoms with Crippen molar-refractivity contribution in [3.8, 4) is 0 Å². The number of hydrogen-bond acceptors (Lipinski definition) is 4. The summed E-state index contributed by atoms with van der Waals surface area (Å²) in [4.78, 5) is 48.0. The Morgan fingerprint density at radius 1 is 0.971 bits per heavy atom. The van der Waals surface area contributed by atoms with Crippen LogP contribution in [0.3, 0.4) is 0 Å². The van der Waals surface area contributed by atoms with E-state index < -0.39 is 6.04 Å². The minimum atomic E-state index is -0.587. The Kier molecular flexibility index (Phi) is 6.39. The van der Waals surface area contributed by atoms with Gasteiger partial charge in [-0.3, -0.25) is 19.3 Å². The maximum Gasteiger partial charge on any atom is 0.258 e. The van der Waals surface area contributed by atoms with E-state index in [0.717, 1.165) is 17.7 Å². The average Bonchev–Trinajstić information content (AvgIpc) is 2.88. The molecule has 35 heavy (non-hydrogen) atoms. The maximum atomic E-state index is 13.5. The van der Waals surface area contributed by atoms with Crippen LogP contribution in [0.4, 0.5) is 11.4 Å². The van der Waals surface area contributed by atoms with Crippen molar-refractivity contribution in [3.05, 3.63) is 101 Å². The van der Waals surface area contributed by atoms with Crippen molar-refractivity contribution < 1.29 is 9.59 Å². The van der Waals surface area contributed by atoms with Crippen LogP contribution in [-0.4, -0.2) is 27.8 Å². The highest BCUT2D eigenvalue weighted by molar-refractivity contribution is 6.06. The Morgan fingerprint density at radius 2 is 1.71 bits per heavy atom. The van der Waals surface area contributed by atoms with Crippen LogP contribution in [0.15, 0.2) is 83.7 Å². The molecule has 1 aliphatic heterocycles. The topological polar surface area (TPSA) is 95.2 Å². The van der Waals surface area contributed by atoms with Gasteiger partial charge in [-0.2, -0.15) is 0 Å². The first-order valence-corrected chi connectivity index (χ1v) is 11.8. The molecule has 3 aromatic carbocycles. The highest BCUT2D eigenvalue weighted by Crippen LogP contribution is 2.32. The van der Waals surface area contributed by atoms with Crippen LogP contribution in [0.2, 0.25) is 0 Å². The van der Waals surface area contributed by atoms with Crippen LogP contribution in [0, 0.1) is 0 Å². The van der Waals surface area contributed by atoms with Crippen molar-refractivity contribution in [1.29, 1.82) is 0 Å². The number of carbonyl (C=O) groups is 2. The van der Waals surface area contributed by atoms with E-state index in [1.807, 2.05) is 60.7 Å². The van der Waals surface area contributed by atoms with Gasteiger partial charge in [0.1, 0.15) is 11.9 Å². The normalized spacial score (nSPS) is 15.0. The van der Waals surface area contributed by atoms with Crippen LogP contribution < -0.4 is 15.8 Å². The predicted octanol–water partition coefficient (Wildman–Crippen LogP) is 4.23. The zero-order valence-electron chi connectivity index (χ0n) is 19.2. The summed E-state index contributed by atoms with van der Waals surface area (Å²) < 4.78 is 0. The number of rotatable bonds is 6. The molecule has 4 aromatic rings. The summed E-state index contributed by atoms with van der Waals surface area (Å²) in [5, 5.41) is 3.50. The zero-order chi connectivity index (χ0) is 24.2. The van der Waals surface area contributed by atoms with E-state index in [-0.39, 0.29) is 23.8 Å². The fraction of sp³-hybridized carbons (Fsp3) is 0.214. The summed E-state index contributed by atoms with van der Waals surface area (Å²) in [6.45, 7) is 0. The molecule has 0 saturated carbocycles. The molecule has 7 nitrogen and oxygen atoms in total. The number of amides is 2. The van der Waals surface area contributed by atoms with Crippen LogP contribution >= 0.6 is 0 Å². The molecule has 0 aliphatic carbocycles. The molecular formula is C28H26N4O3. The molecule has 2 amide bonds. The third-order valence-corrected chi connectivity index (χ3v) is 6.33. The Morgan fingerprint density at radius 3 is 2.57 bits per heavy atom. The van der Waals surface area contributed by atoms with Gasteiger partial charge in [0.2, 0.25) is 11.8 Å². The van der Waals surface area contributed by atoms with E-state index in [4.69, 9.17) is 0 Å². The minimum absolute atomic E-state index is 0.117. The maximum absolute atomic E-state index is 13.5. The van der Waals surface area contributed by atoms with Gasteiger partial charge >= 0.3 is 0 Å². The molecule has 0 saturated heterocycles. The number of carbonyl (C=O) groups excluding carboxylic acids is 2. The van der Waals surface area contributed by atoms with E-state index in [9.17, 15) is 14.4 Å². The predicted molar refractivity (Wildman–Crippen MR) is 136 cm³/mol. The fourth-order valence-electron chi connectivity index (χ4n) is 4.63. The lowest BCUT2D eigenvalue weighted by molar-refractivity contribution is -0.124. The van der Waals surface area contributed by atoms with Gasteiger partial charge in [0, 0.05) is 24.2 Å². The second-order valence-corrected chi connectivity index (χ2v) is 8.69. The summed E-state index contributed by atoms with van der Waals surface area (Å²) in [5.74, 6) is 0.243. The van der Waals surface area contributed by atoms with Gasteiger partial charge in [0.15, 0.2) is 0 Å². The second kappa shape index (κ2) is 9.93. The number of anilines is 2. The second-order valence-electron chi connectivity index (χ2n) is 8.69. The molecule has 2 heterocycles. The summed E-state index contributed by atoms with van der Waals surface area (Å²) >= 11 is 0. The highest BCUT2D eigenvalue weighted by atomic mass is 16.2. The molecule has 1 atom stereocenters. The Balaban J connectivity index is 1.32. The van der Waals surface area contributed by atoms with Gasteiger partial charge < -0.3 is 10.3 Å². The van der Waals surface area contributed by atoms with Crippen LogP contribution in [-0.2, 0) is 22.4 Å². The molecule has 1 aliphatic rings. The molecule has 1 unspecified atom stereocenters. The number of para-hydroxylation sites is 3. The van der Waals surface area contributed by atoms with E-state index in [2.05, 4.69) is 15.3 Å². The summed E-state index contributed by atoms with van der Waals surface area (Å²) in [5.41, 5.74) is 3.01. The minimum Gasteiger partial charge on any atom is -0.324 e. The van der Waals surface area contributed by atoms with Crippen LogP contribution in [0.25, 0.3) is 10.9 Å². The van der Waals surface area contributed by atoms with Crippen molar-refractivity contribution in [1.82, 2.24) is 9.97 Å². The molecule has 176 valence electrons. The molecule has 5 rings (SSSR count). The van der Waals surface area contributed by atoms with Gasteiger partial charge in [-0.1, -0.05) is 48.5 Å². The lowest BCUT2D eigenvalue weighted by atomic mass is 9.94. The SMILES string of the molecule is O=C(Nc1ccccc1)C1CCc2ccccc2N1C(=O)CCCc1nc2ccccc2c(=O)[nH]1. The van der Waals surface area contributed by atoms with E-state index in [0.29, 0.717) is 41.7 Å². The molecular weight excluding hydrogens is 440 g/mol. The van der Waals surface area contributed by atoms with Crippen molar-refractivity contribution in [3.63, 3.8) is 0 Å². The monoisotopic (exact) mass is 466 g/mol. The molecule has 0 spiro atoms. The van der Waals surface area contributed by atoms with Crippen molar-refractivity contribution >= 4 is 34.1 Å². The van der Waals surface area contributed by atoms with E-state index >= 15 is 0 Å². The summed E-state index contributed by atoms with van der Waals surface area (Å²) in [6, 6.07) is 23.6. The number of fused-ring (bicyclic) bond motifs is 2. The smallest absolute Gasteiger partial charge is 0.258 e. The number of H-pyrrole nitrogens is 1. The van der Waals surface area contributed by atoms with Crippen molar-refractivity contribution in [2.45, 2.75) is 38.1 Å². The quantitative estimate of drug-likeness (QED) is 0.445. The van der Waals surface area contributed by atoms with Crippen LogP contribution in [0.5, 0.6) is 0 Å². The average molecular weight is 467 g/mol. The highest BCUT2D eigenvalue weighted by Gasteiger charge is 2.35. The van der Waals surface area contributed by atoms with Crippen molar-refractivity contribution in [2.24, 2.45) is 0 Å². The first-order chi connectivity index (χ1) is 17.1. The van der Waals surface area contributed by atoms with Gasteiger partial charge in [-0.25, -0.2) is 4.98 Å². The molecule has 1 aromatic heterocycles. The number of nitrogens with zero attached hydrogens (tertiary/aromatic N) is 2. The first kappa shape index (κ1) is 22.5. The fourth-order valence-corrected chi connectivity index (χ4v) is 4.63. The van der Waals surface area contributed by atoms with E-state index in [1.165, 1.54) is 0 Å². The Hall–Kier alpha value is -4.26. The first-order valence-electron chi connectivity index (χ1n) is 11.8. The standard InChI is InChI=1S/C28H26N4O3/c33-26(16-8-15-25-30-22-13-6-5-12-21(22)27(34)31-25)32-23-14-7-4-9-19(23)17-18-24(32)28(35)29-20-10-2-1-3-11-20/h1-7,9-14,24H,8,15-18H2,(H,29,35)(H,30,31,34). The Bertz CT molecular complexity index is 1430. The molecule has 0 bridgehead atoms. The largest absolute Gasteiger partial charge is 0.324 e. The number of hydrogen-bond donors (Lipinski definition) is 2. The molecule has 2 N–H and O–H groups in total. The van der Waals surface area contributed by atoms with Gasteiger partial charge in [-0.05, 0) is 55.2 Å². The summed E-state index contributed by atoms with van der Waals surface area (Å²) in [6.07, 6.45) is 2.49. The van der Waals surface area contributed by atoms with Gasteiger partial charge in [0.05, 0.1) is 10.9 Å². The summed E-state index contributed by atoms with van der Waals surface area (Å²) in [7, 11) is 0. The number of nitrogens with one attached hydrogen (secondary N) is 2. The number of benzene rings is 3. The number of aryl methyl sites for hydroxylation is 2. The third kappa shape index (κ3) is 4.84. The van der Waals surface area contributed by atoms with Gasteiger partial charge in [-0.15, -0.1) is 0 Å². The lowest BCUT2D eigenvalue weighted by Gasteiger charge is -2.36. The Labute approximate surface area is 202 Å². The van der Waals surface area contributed by atoms with Crippen LogP contribution in [0.1, 0.15) is 30.7 Å². The van der Waals surface area contributed by atoms with E-state index in [1.54, 1.807) is 23.1 Å². The lowest BCUT2D eigenvalue weighted by Crippen LogP contribution is -2.50. The van der Waals surface area contributed by atoms with Crippen molar-refractivity contribution in [2.75, 3.05) is 10.2 Å². The number of aromatic nitrogens is 2. The molecule has 7 heteroatoms.